The van der Waals surface area contributed by atoms with Gasteiger partial charge in [0, 0.05) is 19.6 Å². The molecule has 108 valence electrons. The topological polar surface area (TPSA) is 49.4 Å². The van der Waals surface area contributed by atoms with E-state index in [1.807, 2.05) is 26.8 Å². The molecule has 0 atom stereocenters. The van der Waals surface area contributed by atoms with Crippen LogP contribution in [-0.2, 0) is 16.6 Å². The van der Waals surface area contributed by atoms with Gasteiger partial charge in [-0.2, -0.15) is 4.31 Å². The first-order chi connectivity index (χ1) is 8.97. The molecule has 0 aromatic heterocycles. The molecule has 19 heavy (non-hydrogen) atoms. The molecular formula is C13H21ClN2O2S. The van der Waals surface area contributed by atoms with E-state index in [2.05, 4.69) is 5.32 Å². The third-order valence-electron chi connectivity index (χ3n) is 2.90. The maximum Gasteiger partial charge on any atom is 0.244 e. The number of hydrogen-bond acceptors (Lipinski definition) is 3. The highest BCUT2D eigenvalue weighted by atomic mass is 35.5. The highest BCUT2D eigenvalue weighted by molar-refractivity contribution is 7.89. The third-order valence-corrected chi connectivity index (χ3v) is 5.43. The van der Waals surface area contributed by atoms with E-state index < -0.39 is 10.0 Å². The second-order valence-corrected chi connectivity index (χ2v) is 6.45. The molecule has 1 aromatic rings. The SMILES string of the molecule is CCNCc1ccc(Cl)c(S(=O)(=O)N(CC)CC)c1. The molecule has 0 amide bonds. The minimum atomic E-state index is -3.51. The van der Waals surface area contributed by atoms with Gasteiger partial charge in [0.15, 0.2) is 0 Å². The van der Waals surface area contributed by atoms with Crippen molar-refractivity contribution in [1.29, 1.82) is 0 Å². The number of nitrogens with zero attached hydrogens (tertiary/aromatic N) is 1. The normalized spacial score (nSPS) is 12.1. The Morgan fingerprint density at radius 3 is 2.37 bits per heavy atom. The van der Waals surface area contributed by atoms with E-state index >= 15 is 0 Å². The lowest BCUT2D eigenvalue weighted by atomic mass is 10.2. The van der Waals surface area contributed by atoms with Crippen LogP contribution in [0.25, 0.3) is 0 Å². The van der Waals surface area contributed by atoms with Crippen molar-refractivity contribution < 1.29 is 8.42 Å². The van der Waals surface area contributed by atoms with Gasteiger partial charge in [0.2, 0.25) is 10.0 Å². The van der Waals surface area contributed by atoms with Gasteiger partial charge in [-0.05, 0) is 24.2 Å². The van der Waals surface area contributed by atoms with Gasteiger partial charge >= 0.3 is 0 Å². The van der Waals surface area contributed by atoms with E-state index in [1.165, 1.54) is 4.31 Å². The summed E-state index contributed by atoms with van der Waals surface area (Å²) in [6, 6.07) is 5.13. The molecule has 0 unspecified atom stereocenters. The Labute approximate surface area is 120 Å². The zero-order valence-corrected chi connectivity index (χ0v) is 13.2. The Morgan fingerprint density at radius 1 is 1.21 bits per heavy atom. The number of hydrogen-bond donors (Lipinski definition) is 1. The standard InChI is InChI=1S/C13H21ClN2O2S/c1-4-15-10-11-7-8-12(14)13(9-11)19(17,18)16(5-2)6-3/h7-9,15H,4-6,10H2,1-3H3. The first-order valence-corrected chi connectivity index (χ1v) is 8.28. The van der Waals surface area contributed by atoms with E-state index in [0.29, 0.717) is 19.6 Å². The minimum absolute atomic E-state index is 0.188. The summed E-state index contributed by atoms with van der Waals surface area (Å²) in [4.78, 5) is 0.188. The van der Waals surface area contributed by atoms with Gasteiger partial charge in [-0.25, -0.2) is 8.42 Å². The fourth-order valence-corrected chi connectivity index (χ4v) is 3.81. The second-order valence-electron chi connectivity index (χ2n) is 4.13. The monoisotopic (exact) mass is 304 g/mol. The molecule has 1 N–H and O–H groups in total. The summed E-state index contributed by atoms with van der Waals surface area (Å²) >= 11 is 6.05. The minimum Gasteiger partial charge on any atom is -0.313 e. The molecule has 0 saturated heterocycles. The summed E-state index contributed by atoms with van der Waals surface area (Å²) in [5, 5.41) is 3.44. The number of halogens is 1. The van der Waals surface area contributed by atoms with Crippen molar-refractivity contribution in [3.05, 3.63) is 28.8 Å². The Morgan fingerprint density at radius 2 is 1.84 bits per heavy atom. The van der Waals surface area contributed by atoms with Crippen molar-refractivity contribution in [3.63, 3.8) is 0 Å². The predicted octanol–water partition coefficient (Wildman–Crippen LogP) is 2.48. The molecule has 0 saturated carbocycles. The third kappa shape index (κ3) is 3.92. The zero-order chi connectivity index (χ0) is 14.5. The van der Waals surface area contributed by atoms with Gasteiger partial charge in [0.1, 0.15) is 4.90 Å². The fourth-order valence-electron chi connectivity index (χ4n) is 1.83. The molecule has 6 heteroatoms. The van der Waals surface area contributed by atoms with E-state index in [-0.39, 0.29) is 9.92 Å². The first-order valence-electron chi connectivity index (χ1n) is 6.46. The second kappa shape index (κ2) is 7.24. The summed E-state index contributed by atoms with van der Waals surface area (Å²) in [6.07, 6.45) is 0. The van der Waals surface area contributed by atoms with Gasteiger partial charge < -0.3 is 5.32 Å². The maximum atomic E-state index is 12.5. The largest absolute Gasteiger partial charge is 0.313 e. The molecule has 0 aliphatic rings. The zero-order valence-electron chi connectivity index (χ0n) is 11.6. The van der Waals surface area contributed by atoms with Crippen molar-refractivity contribution in [2.75, 3.05) is 19.6 Å². The van der Waals surface area contributed by atoms with E-state index in [9.17, 15) is 8.42 Å². The first kappa shape index (κ1) is 16.4. The van der Waals surface area contributed by atoms with Crippen molar-refractivity contribution in [1.82, 2.24) is 9.62 Å². The smallest absolute Gasteiger partial charge is 0.244 e. The summed E-state index contributed by atoms with van der Waals surface area (Å²) < 4.78 is 26.3. The van der Waals surface area contributed by atoms with Crippen LogP contribution in [-0.4, -0.2) is 32.4 Å². The van der Waals surface area contributed by atoms with Crippen LogP contribution in [0.2, 0.25) is 5.02 Å². The lowest BCUT2D eigenvalue weighted by molar-refractivity contribution is 0.445. The van der Waals surface area contributed by atoms with Crippen LogP contribution in [0, 0.1) is 0 Å². The van der Waals surface area contributed by atoms with E-state index in [4.69, 9.17) is 11.6 Å². The highest BCUT2D eigenvalue weighted by Gasteiger charge is 2.24. The molecule has 0 bridgehead atoms. The Bertz CT molecular complexity index is 513. The molecule has 0 aliphatic carbocycles. The molecule has 0 heterocycles. The van der Waals surface area contributed by atoms with Gasteiger partial charge in [-0.3, -0.25) is 0 Å². The molecular weight excluding hydrogens is 284 g/mol. The van der Waals surface area contributed by atoms with Crippen molar-refractivity contribution in [2.45, 2.75) is 32.2 Å². The Kier molecular flexibility index (Phi) is 6.26. The number of sulfonamides is 1. The van der Waals surface area contributed by atoms with Crippen LogP contribution in [0.5, 0.6) is 0 Å². The molecule has 0 aliphatic heterocycles. The molecule has 1 rings (SSSR count). The molecule has 0 fully saturated rings. The van der Waals surface area contributed by atoms with E-state index in [0.717, 1.165) is 12.1 Å². The summed E-state index contributed by atoms with van der Waals surface area (Å²) in [5.41, 5.74) is 0.914. The summed E-state index contributed by atoms with van der Waals surface area (Å²) in [5.74, 6) is 0. The predicted molar refractivity (Wildman–Crippen MR) is 78.9 cm³/mol. The average molecular weight is 305 g/mol. The highest BCUT2D eigenvalue weighted by Crippen LogP contribution is 2.25. The van der Waals surface area contributed by atoms with Crippen LogP contribution in [0.4, 0.5) is 0 Å². The fraction of sp³-hybridized carbons (Fsp3) is 0.538. The molecule has 0 spiro atoms. The van der Waals surface area contributed by atoms with Gasteiger partial charge in [0.25, 0.3) is 0 Å². The van der Waals surface area contributed by atoms with Crippen molar-refractivity contribution >= 4 is 21.6 Å². The summed E-state index contributed by atoms with van der Waals surface area (Å²) in [6.45, 7) is 7.98. The lowest BCUT2D eigenvalue weighted by Crippen LogP contribution is -2.31. The van der Waals surface area contributed by atoms with Gasteiger partial charge in [-0.1, -0.05) is 38.4 Å². The number of benzene rings is 1. The lowest BCUT2D eigenvalue weighted by Gasteiger charge is -2.19. The van der Waals surface area contributed by atoms with Crippen LogP contribution in [0.15, 0.2) is 23.1 Å². The van der Waals surface area contributed by atoms with Gasteiger partial charge in [0.05, 0.1) is 5.02 Å². The number of nitrogens with one attached hydrogen (secondary N) is 1. The van der Waals surface area contributed by atoms with Crippen LogP contribution in [0.1, 0.15) is 26.3 Å². The maximum absolute atomic E-state index is 12.5. The Hall–Kier alpha value is -0.620. The summed E-state index contributed by atoms with van der Waals surface area (Å²) in [7, 11) is -3.51. The average Bonchev–Trinajstić information content (AvgIpc) is 2.38. The van der Waals surface area contributed by atoms with E-state index in [1.54, 1.807) is 12.1 Å². The van der Waals surface area contributed by atoms with Gasteiger partial charge in [-0.15, -0.1) is 0 Å². The van der Waals surface area contributed by atoms with Crippen LogP contribution >= 0.6 is 11.6 Å². The molecule has 1 aromatic carbocycles. The van der Waals surface area contributed by atoms with Crippen LogP contribution < -0.4 is 5.32 Å². The number of rotatable bonds is 7. The molecule has 4 nitrogen and oxygen atoms in total. The molecule has 0 radical (unpaired) electrons. The Balaban J connectivity index is 3.17. The van der Waals surface area contributed by atoms with Crippen molar-refractivity contribution in [3.8, 4) is 0 Å². The quantitative estimate of drug-likeness (QED) is 0.842. The van der Waals surface area contributed by atoms with Crippen LogP contribution in [0.3, 0.4) is 0 Å². The van der Waals surface area contributed by atoms with Crippen molar-refractivity contribution in [2.24, 2.45) is 0 Å².